The third kappa shape index (κ3) is 2.14. The van der Waals surface area contributed by atoms with Gasteiger partial charge in [0.1, 0.15) is 10.8 Å². The normalized spacial score (nSPS) is 22.1. The lowest BCUT2D eigenvalue weighted by molar-refractivity contribution is -0.129. The second kappa shape index (κ2) is 5.01. The number of carbonyl (C=O) groups excluding carboxylic acids is 1. The SMILES string of the molecule is Cc1ccnc(N2CCN3C(=O)CCC3C2)c1C(N)=S. The molecule has 2 aliphatic rings. The molecule has 2 N–H and O–H groups in total. The number of fused-ring (bicyclic) bond motifs is 1. The molecular weight excluding hydrogens is 272 g/mol. The van der Waals surface area contributed by atoms with Crippen LogP contribution in [-0.4, -0.2) is 46.5 Å². The van der Waals surface area contributed by atoms with Crippen molar-refractivity contribution in [2.75, 3.05) is 24.5 Å². The lowest BCUT2D eigenvalue weighted by Gasteiger charge is -2.39. The molecule has 1 aromatic rings. The minimum atomic E-state index is 0.279. The summed E-state index contributed by atoms with van der Waals surface area (Å²) in [6.07, 6.45) is 3.39. The highest BCUT2D eigenvalue weighted by molar-refractivity contribution is 7.80. The Labute approximate surface area is 123 Å². The average molecular weight is 290 g/mol. The Balaban J connectivity index is 1.89. The summed E-state index contributed by atoms with van der Waals surface area (Å²) < 4.78 is 0. The Bertz CT molecular complexity index is 574. The number of anilines is 1. The van der Waals surface area contributed by atoms with Crippen molar-refractivity contribution in [2.45, 2.75) is 25.8 Å². The Morgan fingerprint density at radius 2 is 2.30 bits per heavy atom. The van der Waals surface area contributed by atoms with Crippen LogP contribution < -0.4 is 10.6 Å². The number of rotatable bonds is 2. The lowest BCUT2D eigenvalue weighted by Crippen LogP contribution is -2.52. The van der Waals surface area contributed by atoms with E-state index < -0.39 is 0 Å². The highest BCUT2D eigenvalue weighted by atomic mass is 32.1. The summed E-state index contributed by atoms with van der Waals surface area (Å²) in [6.45, 7) is 4.36. The van der Waals surface area contributed by atoms with Crippen molar-refractivity contribution in [3.8, 4) is 0 Å². The Hall–Kier alpha value is -1.69. The van der Waals surface area contributed by atoms with Gasteiger partial charge in [0, 0.05) is 38.3 Å². The van der Waals surface area contributed by atoms with Crippen LogP contribution in [0.25, 0.3) is 0 Å². The van der Waals surface area contributed by atoms with Gasteiger partial charge in [-0.3, -0.25) is 4.79 Å². The highest BCUT2D eigenvalue weighted by Crippen LogP contribution is 2.28. The fourth-order valence-corrected chi connectivity index (χ4v) is 3.40. The molecule has 1 unspecified atom stereocenters. The number of carbonyl (C=O) groups is 1. The van der Waals surface area contributed by atoms with E-state index in [1.807, 2.05) is 17.9 Å². The molecule has 0 radical (unpaired) electrons. The Kier molecular flexibility index (Phi) is 3.33. The number of nitrogens with two attached hydrogens (primary N) is 1. The number of aryl methyl sites for hydroxylation is 1. The molecule has 0 aliphatic carbocycles. The molecule has 1 aromatic heterocycles. The van der Waals surface area contributed by atoms with Gasteiger partial charge in [-0.25, -0.2) is 4.98 Å². The monoisotopic (exact) mass is 290 g/mol. The van der Waals surface area contributed by atoms with Crippen LogP contribution in [0, 0.1) is 6.92 Å². The molecule has 0 spiro atoms. The molecule has 2 aliphatic heterocycles. The molecule has 0 bridgehead atoms. The topological polar surface area (TPSA) is 62.5 Å². The van der Waals surface area contributed by atoms with Crippen molar-refractivity contribution >= 4 is 28.9 Å². The zero-order valence-corrected chi connectivity index (χ0v) is 12.3. The van der Waals surface area contributed by atoms with Crippen molar-refractivity contribution in [1.29, 1.82) is 0 Å². The molecular formula is C14H18N4OS. The second-order valence-corrected chi connectivity index (χ2v) is 5.86. The molecule has 0 aromatic carbocycles. The maximum Gasteiger partial charge on any atom is 0.223 e. The number of hydrogen-bond donors (Lipinski definition) is 1. The number of hydrogen-bond acceptors (Lipinski definition) is 4. The summed E-state index contributed by atoms with van der Waals surface area (Å²) in [6, 6.07) is 2.23. The van der Waals surface area contributed by atoms with Gasteiger partial charge in [0.25, 0.3) is 0 Å². The van der Waals surface area contributed by atoms with Gasteiger partial charge in [0.05, 0.1) is 5.56 Å². The van der Waals surface area contributed by atoms with E-state index in [0.29, 0.717) is 17.5 Å². The molecule has 106 valence electrons. The minimum absolute atomic E-state index is 0.279. The third-order valence-electron chi connectivity index (χ3n) is 4.18. The van der Waals surface area contributed by atoms with E-state index in [0.717, 1.165) is 43.0 Å². The van der Waals surface area contributed by atoms with Crippen LogP contribution in [0.3, 0.4) is 0 Å². The fourth-order valence-electron chi connectivity index (χ4n) is 3.14. The summed E-state index contributed by atoms with van der Waals surface area (Å²) in [5.74, 6) is 1.14. The first-order valence-electron chi connectivity index (χ1n) is 6.87. The first-order chi connectivity index (χ1) is 9.58. The van der Waals surface area contributed by atoms with Crippen LogP contribution in [0.4, 0.5) is 5.82 Å². The van der Waals surface area contributed by atoms with Gasteiger partial charge in [-0.05, 0) is 25.0 Å². The zero-order valence-electron chi connectivity index (χ0n) is 11.5. The predicted molar refractivity (Wildman–Crippen MR) is 81.8 cm³/mol. The highest BCUT2D eigenvalue weighted by Gasteiger charge is 2.36. The van der Waals surface area contributed by atoms with E-state index >= 15 is 0 Å². The second-order valence-electron chi connectivity index (χ2n) is 5.42. The molecule has 1 atom stereocenters. The number of nitrogens with zero attached hydrogens (tertiary/aromatic N) is 3. The van der Waals surface area contributed by atoms with E-state index in [9.17, 15) is 4.79 Å². The van der Waals surface area contributed by atoms with Crippen LogP contribution in [-0.2, 0) is 4.79 Å². The van der Waals surface area contributed by atoms with Gasteiger partial charge in [-0.2, -0.15) is 0 Å². The summed E-state index contributed by atoms with van der Waals surface area (Å²) >= 11 is 5.17. The average Bonchev–Trinajstić information content (AvgIpc) is 2.79. The summed E-state index contributed by atoms with van der Waals surface area (Å²) in [7, 11) is 0. The Morgan fingerprint density at radius 3 is 3.05 bits per heavy atom. The molecule has 3 heterocycles. The first kappa shape index (κ1) is 13.3. The van der Waals surface area contributed by atoms with Crippen molar-refractivity contribution in [2.24, 2.45) is 5.73 Å². The number of pyridine rings is 1. The zero-order chi connectivity index (χ0) is 14.3. The standard InChI is InChI=1S/C14H18N4OS/c1-9-4-5-16-14(12(9)13(15)20)17-6-7-18-10(8-17)2-3-11(18)19/h4-5,10H,2-3,6-8H2,1H3,(H2,15,20). The smallest absolute Gasteiger partial charge is 0.223 e. The number of aromatic nitrogens is 1. The summed E-state index contributed by atoms with van der Waals surface area (Å²) in [4.78, 5) is 20.8. The van der Waals surface area contributed by atoms with Gasteiger partial charge >= 0.3 is 0 Å². The van der Waals surface area contributed by atoms with E-state index in [2.05, 4.69) is 9.88 Å². The van der Waals surface area contributed by atoms with Crippen molar-refractivity contribution in [3.05, 3.63) is 23.4 Å². The van der Waals surface area contributed by atoms with Gasteiger partial charge < -0.3 is 15.5 Å². The molecule has 1 amide bonds. The van der Waals surface area contributed by atoms with E-state index in [1.54, 1.807) is 6.20 Å². The van der Waals surface area contributed by atoms with E-state index in [4.69, 9.17) is 18.0 Å². The largest absolute Gasteiger partial charge is 0.389 e. The number of thiocarbonyl (C=S) groups is 1. The lowest BCUT2D eigenvalue weighted by atomic mass is 10.1. The van der Waals surface area contributed by atoms with Crippen LogP contribution in [0.15, 0.2) is 12.3 Å². The van der Waals surface area contributed by atoms with Gasteiger partial charge in [0.15, 0.2) is 0 Å². The first-order valence-corrected chi connectivity index (χ1v) is 7.28. The molecule has 5 nitrogen and oxygen atoms in total. The molecule has 2 saturated heterocycles. The quantitative estimate of drug-likeness (QED) is 0.818. The molecule has 20 heavy (non-hydrogen) atoms. The third-order valence-corrected chi connectivity index (χ3v) is 4.38. The van der Waals surface area contributed by atoms with Crippen molar-refractivity contribution in [1.82, 2.24) is 9.88 Å². The van der Waals surface area contributed by atoms with Crippen molar-refractivity contribution in [3.63, 3.8) is 0 Å². The van der Waals surface area contributed by atoms with Gasteiger partial charge in [-0.1, -0.05) is 12.2 Å². The molecule has 2 fully saturated rings. The van der Waals surface area contributed by atoms with Crippen LogP contribution >= 0.6 is 12.2 Å². The van der Waals surface area contributed by atoms with Crippen LogP contribution in [0.5, 0.6) is 0 Å². The number of amides is 1. The van der Waals surface area contributed by atoms with Crippen LogP contribution in [0.1, 0.15) is 24.0 Å². The Morgan fingerprint density at radius 1 is 1.50 bits per heavy atom. The molecule has 6 heteroatoms. The predicted octanol–water partition coefficient (Wildman–Crippen LogP) is 0.835. The maximum absolute atomic E-state index is 11.7. The van der Waals surface area contributed by atoms with E-state index in [1.165, 1.54) is 0 Å². The molecule has 3 rings (SSSR count). The van der Waals surface area contributed by atoms with Crippen molar-refractivity contribution < 1.29 is 4.79 Å². The van der Waals surface area contributed by atoms with Crippen LogP contribution in [0.2, 0.25) is 0 Å². The van der Waals surface area contributed by atoms with Gasteiger partial charge in [0.2, 0.25) is 5.91 Å². The number of piperazine rings is 1. The fraction of sp³-hybridized carbons (Fsp3) is 0.500. The molecule has 0 saturated carbocycles. The summed E-state index contributed by atoms with van der Waals surface area (Å²) in [5.41, 5.74) is 7.76. The van der Waals surface area contributed by atoms with E-state index in [-0.39, 0.29) is 5.91 Å². The maximum atomic E-state index is 11.7. The minimum Gasteiger partial charge on any atom is -0.389 e. The summed E-state index contributed by atoms with van der Waals surface area (Å²) in [5, 5.41) is 0. The van der Waals surface area contributed by atoms with Gasteiger partial charge in [-0.15, -0.1) is 0 Å².